The molecule has 3 aromatic rings. The van der Waals surface area contributed by atoms with Crippen LogP contribution < -0.4 is 5.32 Å². The summed E-state index contributed by atoms with van der Waals surface area (Å²) in [5, 5.41) is 7.01. The van der Waals surface area contributed by atoms with Gasteiger partial charge in [-0.1, -0.05) is 0 Å². The van der Waals surface area contributed by atoms with Crippen molar-refractivity contribution in [3.63, 3.8) is 0 Å². The molecule has 0 spiro atoms. The van der Waals surface area contributed by atoms with Gasteiger partial charge in [0, 0.05) is 23.7 Å². The van der Waals surface area contributed by atoms with E-state index in [1.807, 2.05) is 36.3 Å². The van der Waals surface area contributed by atoms with Crippen LogP contribution in [-0.2, 0) is 4.74 Å². The maximum Gasteiger partial charge on any atom is 0.255 e. The summed E-state index contributed by atoms with van der Waals surface area (Å²) >= 11 is 3.15. The molecule has 5 heterocycles. The number of aryl methyl sites for hydroxylation is 2. The smallest absolute Gasteiger partial charge is 0.255 e. The molecule has 2 aliphatic heterocycles. The maximum absolute atomic E-state index is 13.2. The average molecular weight is 488 g/mol. The summed E-state index contributed by atoms with van der Waals surface area (Å²) in [7, 11) is 0. The molecule has 5 rings (SSSR count). The molecule has 1 unspecified atom stereocenters. The molecule has 0 radical (unpaired) electrons. The molecular formula is C23H26FN5O2S2. The van der Waals surface area contributed by atoms with E-state index < -0.39 is 6.67 Å². The molecular weight excluding hydrogens is 461 g/mol. The van der Waals surface area contributed by atoms with Crippen molar-refractivity contribution >= 4 is 39.5 Å². The van der Waals surface area contributed by atoms with Crippen LogP contribution in [0.5, 0.6) is 0 Å². The largest absolute Gasteiger partial charge is 0.375 e. The fourth-order valence-electron chi connectivity index (χ4n) is 4.86. The molecule has 2 bridgehead atoms. The van der Waals surface area contributed by atoms with Crippen LogP contribution >= 0.6 is 22.7 Å². The number of anilines is 2. The van der Waals surface area contributed by atoms with E-state index in [1.54, 1.807) is 17.5 Å². The number of nitrogens with one attached hydrogen (secondary N) is 1. The van der Waals surface area contributed by atoms with E-state index in [0.29, 0.717) is 11.4 Å². The Morgan fingerprint density at radius 3 is 2.67 bits per heavy atom. The number of piperidine rings is 1. The van der Waals surface area contributed by atoms with Crippen molar-refractivity contribution in [3.05, 3.63) is 40.0 Å². The number of aromatic nitrogens is 3. The Balaban J connectivity index is 1.23. The zero-order chi connectivity index (χ0) is 22.9. The minimum atomic E-state index is -0.465. The van der Waals surface area contributed by atoms with Crippen molar-refractivity contribution in [2.24, 2.45) is 0 Å². The van der Waals surface area contributed by atoms with Crippen LogP contribution in [0.4, 0.5) is 15.3 Å². The second-order valence-electron chi connectivity index (χ2n) is 8.49. The lowest BCUT2D eigenvalue weighted by Gasteiger charge is -2.38. The number of carbonyl (C=O) groups excluding carboxylic acids is 1. The zero-order valence-electron chi connectivity index (χ0n) is 18.6. The molecule has 7 nitrogen and oxygen atoms in total. The number of alkyl halides is 1. The van der Waals surface area contributed by atoms with E-state index in [4.69, 9.17) is 4.74 Å². The van der Waals surface area contributed by atoms with Gasteiger partial charge < -0.3 is 15.0 Å². The Bertz CT molecular complexity index is 1120. The monoisotopic (exact) mass is 487 g/mol. The highest BCUT2D eigenvalue weighted by atomic mass is 32.1. The Morgan fingerprint density at radius 2 is 2.03 bits per heavy atom. The normalized spacial score (nSPS) is 22.0. The first kappa shape index (κ1) is 22.4. The highest BCUT2D eigenvalue weighted by Gasteiger charge is 2.43. The molecule has 3 atom stereocenters. The number of pyridine rings is 1. The quantitative estimate of drug-likeness (QED) is 0.497. The van der Waals surface area contributed by atoms with Crippen LogP contribution in [-0.4, -0.2) is 57.2 Å². The first-order valence-electron chi connectivity index (χ1n) is 11.1. The van der Waals surface area contributed by atoms with E-state index in [-0.39, 0.29) is 30.7 Å². The SMILES string of the molecule is Cc1nc(C)c(-c2csc(Nc3ccc(C(=O)N4[C@@H]5CC[C@H]4CC(OCCF)C5)cn3)n2)s1. The minimum absolute atomic E-state index is 0.0121. The summed E-state index contributed by atoms with van der Waals surface area (Å²) in [5.74, 6) is 0.657. The molecule has 1 amide bonds. The fraction of sp³-hybridized carbons (Fsp3) is 0.478. The summed E-state index contributed by atoms with van der Waals surface area (Å²) in [6.45, 7) is 3.66. The van der Waals surface area contributed by atoms with Gasteiger partial charge in [0.25, 0.3) is 5.91 Å². The first-order chi connectivity index (χ1) is 16.0. The van der Waals surface area contributed by atoms with Gasteiger partial charge in [-0.15, -0.1) is 22.7 Å². The first-order valence-corrected chi connectivity index (χ1v) is 12.8. The summed E-state index contributed by atoms with van der Waals surface area (Å²) in [6.07, 6.45) is 5.18. The van der Waals surface area contributed by atoms with Crippen molar-refractivity contribution in [2.45, 2.75) is 57.7 Å². The van der Waals surface area contributed by atoms with Crippen molar-refractivity contribution in [1.82, 2.24) is 19.9 Å². The van der Waals surface area contributed by atoms with Gasteiger partial charge in [0.05, 0.1) is 39.5 Å². The lowest BCUT2D eigenvalue weighted by Crippen LogP contribution is -2.48. The number of fused-ring (bicyclic) bond motifs is 2. The standard InChI is InChI=1S/C23H26FN5O2S2/c1-13-21(33-14(2)26-13)19-12-32-23(27-19)28-20-6-3-15(11-25-20)22(30)29-16-4-5-17(29)10-18(9-16)31-8-7-24/h3,6,11-12,16-18H,4-5,7-10H2,1-2H3,(H,25,27,28)/t16-,17+,18?. The van der Waals surface area contributed by atoms with Crippen LogP contribution in [0.3, 0.4) is 0 Å². The number of carbonyl (C=O) groups is 1. The van der Waals surface area contributed by atoms with Crippen molar-refractivity contribution < 1.29 is 13.9 Å². The Hall–Kier alpha value is -2.43. The predicted octanol–water partition coefficient (Wildman–Crippen LogP) is 5.14. The van der Waals surface area contributed by atoms with Crippen LogP contribution in [0.25, 0.3) is 10.6 Å². The van der Waals surface area contributed by atoms with Crippen molar-refractivity contribution in [2.75, 3.05) is 18.6 Å². The number of hydrogen-bond acceptors (Lipinski definition) is 8. The summed E-state index contributed by atoms with van der Waals surface area (Å²) in [6, 6.07) is 3.95. The van der Waals surface area contributed by atoms with Gasteiger partial charge in [-0.05, 0) is 51.7 Å². The van der Waals surface area contributed by atoms with Crippen molar-refractivity contribution in [1.29, 1.82) is 0 Å². The zero-order valence-corrected chi connectivity index (χ0v) is 20.2. The van der Waals surface area contributed by atoms with E-state index in [0.717, 1.165) is 52.1 Å². The molecule has 3 aromatic heterocycles. The van der Waals surface area contributed by atoms with E-state index in [1.165, 1.54) is 11.3 Å². The summed E-state index contributed by atoms with van der Waals surface area (Å²) in [5.41, 5.74) is 2.48. The molecule has 2 fully saturated rings. The lowest BCUT2D eigenvalue weighted by atomic mass is 9.98. The Kier molecular flexibility index (Phi) is 6.40. The Morgan fingerprint density at radius 1 is 1.24 bits per heavy atom. The number of thiazole rings is 2. The third-order valence-electron chi connectivity index (χ3n) is 6.24. The highest BCUT2D eigenvalue weighted by molar-refractivity contribution is 7.16. The maximum atomic E-state index is 13.2. The predicted molar refractivity (Wildman–Crippen MR) is 128 cm³/mol. The second kappa shape index (κ2) is 9.44. The average Bonchev–Trinajstić information content (AvgIpc) is 3.47. The van der Waals surface area contributed by atoms with Gasteiger partial charge in [0.15, 0.2) is 5.13 Å². The Labute approximate surface area is 200 Å². The van der Waals surface area contributed by atoms with Gasteiger partial charge in [0.2, 0.25) is 0 Å². The molecule has 0 aliphatic carbocycles. The molecule has 10 heteroatoms. The summed E-state index contributed by atoms with van der Waals surface area (Å²) < 4.78 is 18.1. The van der Waals surface area contributed by atoms with Crippen LogP contribution in [0.15, 0.2) is 23.7 Å². The number of hydrogen-bond donors (Lipinski definition) is 1. The van der Waals surface area contributed by atoms with Gasteiger partial charge in [0.1, 0.15) is 12.5 Å². The molecule has 33 heavy (non-hydrogen) atoms. The molecule has 0 saturated carbocycles. The molecule has 1 N–H and O–H groups in total. The molecule has 0 aromatic carbocycles. The second-order valence-corrected chi connectivity index (χ2v) is 10.6. The molecule has 2 aliphatic rings. The molecule has 174 valence electrons. The van der Waals surface area contributed by atoms with Gasteiger partial charge in [-0.3, -0.25) is 4.79 Å². The highest BCUT2D eigenvalue weighted by Crippen LogP contribution is 2.38. The van der Waals surface area contributed by atoms with Crippen LogP contribution in [0.2, 0.25) is 0 Å². The lowest BCUT2D eigenvalue weighted by molar-refractivity contribution is -0.0181. The summed E-state index contributed by atoms with van der Waals surface area (Å²) in [4.78, 5) is 29.9. The van der Waals surface area contributed by atoms with Gasteiger partial charge in [-0.25, -0.2) is 19.3 Å². The minimum Gasteiger partial charge on any atom is -0.375 e. The van der Waals surface area contributed by atoms with Gasteiger partial charge >= 0.3 is 0 Å². The number of amides is 1. The molecule has 2 saturated heterocycles. The van der Waals surface area contributed by atoms with Crippen molar-refractivity contribution in [3.8, 4) is 10.6 Å². The number of ether oxygens (including phenoxy) is 1. The fourth-order valence-corrected chi connectivity index (χ4v) is 6.53. The van der Waals surface area contributed by atoms with E-state index in [2.05, 4.69) is 20.3 Å². The van der Waals surface area contributed by atoms with E-state index in [9.17, 15) is 9.18 Å². The number of rotatable bonds is 7. The third-order valence-corrected chi connectivity index (χ3v) is 8.09. The number of halogens is 1. The number of nitrogens with zero attached hydrogens (tertiary/aromatic N) is 4. The van der Waals surface area contributed by atoms with Crippen LogP contribution in [0, 0.1) is 13.8 Å². The van der Waals surface area contributed by atoms with Gasteiger partial charge in [-0.2, -0.15) is 0 Å². The van der Waals surface area contributed by atoms with Crippen LogP contribution in [0.1, 0.15) is 46.7 Å². The van der Waals surface area contributed by atoms with E-state index >= 15 is 0 Å². The third kappa shape index (κ3) is 4.64. The topological polar surface area (TPSA) is 80.2 Å².